The topological polar surface area (TPSA) is 0 Å². The Bertz CT molecular complexity index is 335. The van der Waals surface area contributed by atoms with Crippen LogP contribution in [-0.2, 0) is 11.8 Å². The molecule has 1 fully saturated rings. The van der Waals surface area contributed by atoms with Crippen LogP contribution in [-0.4, -0.2) is 12.8 Å². The van der Waals surface area contributed by atoms with Crippen LogP contribution >= 0.6 is 8.58 Å². The fourth-order valence-electron chi connectivity index (χ4n) is 3.06. The smallest absolute Gasteiger partial charge is 0.00471 e. The predicted octanol–water partition coefficient (Wildman–Crippen LogP) is 4.76. The largest absolute Gasteiger partial charge is 0.125 e. The third kappa shape index (κ3) is 2.91. The lowest BCUT2D eigenvalue weighted by molar-refractivity contribution is 0.223. The van der Waals surface area contributed by atoms with Crippen molar-refractivity contribution in [1.29, 1.82) is 0 Å². The summed E-state index contributed by atoms with van der Waals surface area (Å²) in [6, 6.07) is 9.54. The first-order chi connectivity index (χ1) is 8.30. The van der Waals surface area contributed by atoms with Gasteiger partial charge in [-0.25, -0.2) is 0 Å². The summed E-state index contributed by atoms with van der Waals surface area (Å²) in [6.07, 6.45) is 9.56. The molecule has 0 radical (unpaired) electrons. The predicted molar refractivity (Wildman–Crippen MR) is 79.7 cm³/mol. The standard InChI is InChI=1S/C16H25P/c1-3-10-16(11-4-12-16)15-7-5-14(6-8-15)9-13-17-2/h5-8,17H,3-4,9-13H2,1-2H3. The van der Waals surface area contributed by atoms with Crippen LogP contribution in [0, 0.1) is 0 Å². The van der Waals surface area contributed by atoms with Crippen molar-refractivity contribution in [1.82, 2.24) is 0 Å². The van der Waals surface area contributed by atoms with E-state index in [4.69, 9.17) is 0 Å². The van der Waals surface area contributed by atoms with Crippen LogP contribution in [0.4, 0.5) is 0 Å². The van der Waals surface area contributed by atoms with Crippen molar-refractivity contribution in [2.75, 3.05) is 12.8 Å². The van der Waals surface area contributed by atoms with Gasteiger partial charge in [-0.05, 0) is 55.1 Å². The molecule has 0 amide bonds. The molecule has 1 aromatic carbocycles. The second-order valence-corrected chi connectivity index (χ2v) is 6.64. The first-order valence-electron chi connectivity index (χ1n) is 7.05. The number of hydrogen-bond donors (Lipinski definition) is 0. The van der Waals surface area contributed by atoms with Crippen LogP contribution < -0.4 is 0 Å². The molecule has 17 heavy (non-hydrogen) atoms. The molecule has 1 aliphatic rings. The Morgan fingerprint density at radius 2 is 1.88 bits per heavy atom. The van der Waals surface area contributed by atoms with Gasteiger partial charge >= 0.3 is 0 Å². The molecule has 94 valence electrons. The maximum atomic E-state index is 2.41. The summed E-state index contributed by atoms with van der Waals surface area (Å²) >= 11 is 0. The molecule has 1 heteroatoms. The summed E-state index contributed by atoms with van der Waals surface area (Å²) in [5, 5.41) is 0. The van der Waals surface area contributed by atoms with E-state index in [2.05, 4.69) is 37.9 Å². The first kappa shape index (κ1) is 13.1. The first-order valence-corrected chi connectivity index (χ1v) is 8.75. The van der Waals surface area contributed by atoms with Gasteiger partial charge in [0.2, 0.25) is 0 Å². The molecule has 1 saturated carbocycles. The van der Waals surface area contributed by atoms with Crippen LogP contribution in [0.3, 0.4) is 0 Å². The Labute approximate surface area is 108 Å². The molecule has 0 spiro atoms. The highest BCUT2D eigenvalue weighted by molar-refractivity contribution is 7.36. The van der Waals surface area contributed by atoms with Crippen molar-refractivity contribution in [3.05, 3.63) is 35.4 Å². The highest BCUT2D eigenvalue weighted by Gasteiger charge is 2.37. The summed E-state index contributed by atoms with van der Waals surface area (Å²) in [4.78, 5) is 0. The number of benzene rings is 1. The summed E-state index contributed by atoms with van der Waals surface area (Å²) in [7, 11) is 1.08. The highest BCUT2D eigenvalue weighted by atomic mass is 31.1. The van der Waals surface area contributed by atoms with Crippen molar-refractivity contribution in [3.63, 3.8) is 0 Å². The number of rotatable bonds is 6. The Balaban J connectivity index is 2.06. The van der Waals surface area contributed by atoms with E-state index in [0.717, 1.165) is 8.58 Å². The maximum Gasteiger partial charge on any atom is -0.00471 e. The van der Waals surface area contributed by atoms with Gasteiger partial charge in [0.1, 0.15) is 0 Å². The van der Waals surface area contributed by atoms with Gasteiger partial charge in [0.15, 0.2) is 0 Å². The average molecular weight is 248 g/mol. The quantitative estimate of drug-likeness (QED) is 0.637. The van der Waals surface area contributed by atoms with Gasteiger partial charge < -0.3 is 0 Å². The molecule has 0 N–H and O–H groups in total. The number of aryl methyl sites for hydroxylation is 1. The van der Waals surface area contributed by atoms with Crippen molar-refractivity contribution in [2.24, 2.45) is 0 Å². The Morgan fingerprint density at radius 1 is 1.18 bits per heavy atom. The average Bonchev–Trinajstić information content (AvgIpc) is 2.32. The molecule has 2 rings (SSSR count). The number of hydrogen-bond acceptors (Lipinski definition) is 0. The maximum absolute atomic E-state index is 2.41. The van der Waals surface area contributed by atoms with E-state index in [1.54, 1.807) is 5.56 Å². The Kier molecular flexibility index (Phi) is 4.62. The zero-order valence-corrected chi connectivity index (χ0v) is 12.3. The van der Waals surface area contributed by atoms with Gasteiger partial charge in [-0.15, -0.1) is 8.58 Å². The van der Waals surface area contributed by atoms with Crippen LogP contribution in [0.2, 0.25) is 0 Å². The zero-order valence-electron chi connectivity index (χ0n) is 11.3. The van der Waals surface area contributed by atoms with Gasteiger partial charge in [0.05, 0.1) is 0 Å². The summed E-state index contributed by atoms with van der Waals surface area (Å²) in [5.41, 5.74) is 3.68. The minimum Gasteiger partial charge on any atom is -0.125 e. The van der Waals surface area contributed by atoms with Crippen LogP contribution in [0.1, 0.15) is 50.2 Å². The van der Waals surface area contributed by atoms with Crippen molar-refractivity contribution >= 4 is 8.58 Å². The normalized spacial score (nSPS) is 18.5. The van der Waals surface area contributed by atoms with E-state index < -0.39 is 0 Å². The zero-order chi connectivity index (χ0) is 12.1. The minimum absolute atomic E-state index is 0.555. The van der Waals surface area contributed by atoms with E-state index >= 15 is 0 Å². The Morgan fingerprint density at radius 3 is 2.35 bits per heavy atom. The fourth-order valence-corrected chi connectivity index (χ4v) is 3.60. The van der Waals surface area contributed by atoms with Crippen molar-refractivity contribution in [2.45, 2.75) is 50.9 Å². The molecule has 1 unspecified atom stereocenters. The monoisotopic (exact) mass is 248 g/mol. The van der Waals surface area contributed by atoms with E-state index in [-0.39, 0.29) is 0 Å². The summed E-state index contributed by atoms with van der Waals surface area (Å²) in [6.45, 7) is 4.61. The minimum atomic E-state index is 0.555. The van der Waals surface area contributed by atoms with E-state index in [1.807, 2.05) is 0 Å². The molecule has 0 heterocycles. The SMILES string of the molecule is CCCC1(c2ccc(CCPC)cc2)CCC1. The lowest BCUT2D eigenvalue weighted by Crippen LogP contribution is -2.33. The van der Waals surface area contributed by atoms with E-state index in [1.165, 1.54) is 50.3 Å². The van der Waals surface area contributed by atoms with Gasteiger partial charge in [-0.1, -0.05) is 44.0 Å². The van der Waals surface area contributed by atoms with E-state index in [0.29, 0.717) is 5.41 Å². The molecule has 0 aromatic heterocycles. The summed E-state index contributed by atoms with van der Waals surface area (Å²) in [5.74, 6) is 0. The lowest BCUT2D eigenvalue weighted by Gasteiger charge is -2.42. The van der Waals surface area contributed by atoms with Crippen molar-refractivity contribution < 1.29 is 0 Å². The molecular weight excluding hydrogens is 223 g/mol. The highest BCUT2D eigenvalue weighted by Crippen LogP contribution is 2.47. The molecular formula is C16H25P. The molecule has 0 saturated heterocycles. The van der Waals surface area contributed by atoms with Gasteiger partial charge in [-0.2, -0.15) is 0 Å². The van der Waals surface area contributed by atoms with Gasteiger partial charge in [-0.3, -0.25) is 0 Å². The second kappa shape index (κ2) is 6.01. The molecule has 0 nitrogen and oxygen atoms in total. The third-order valence-electron chi connectivity index (χ3n) is 4.27. The summed E-state index contributed by atoms with van der Waals surface area (Å²) < 4.78 is 0. The van der Waals surface area contributed by atoms with Crippen LogP contribution in [0.15, 0.2) is 24.3 Å². The van der Waals surface area contributed by atoms with Gasteiger partial charge in [0, 0.05) is 0 Å². The molecule has 1 aliphatic carbocycles. The lowest BCUT2D eigenvalue weighted by atomic mass is 9.62. The van der Waals surface area contributed by atoms with Crippen LogP contribution in [0.5, 0.6) is 0 Å². The fraction of sp³-hybridized carbons (Fsp3) is 0.625. The van der Waals surface area contributed by atoms with Crippen LogP contribution in [0.25, 0.3) is 0 Å². The van der Waals surface area contributed by atoms with E-state index in [9.17, 15) is 0 Å². The molecule has 1 aromatic rings. The molecule has 1 atom stereocenters. The Hall–Kier alpha value is -0.350. The third-order valence-corrected chi connectivity index (χ3v) is 5.02. The molecule has 0 bridgehead atoms. The molecule has 0 aliphatic heterocycles. The second-order valence-electron chi connectivity index (χ2n) is 5.43. The van der Waals surface area contributed by atoms with Crippen molar-refractivity contribution in [3.8, 4) is 0 Å². The van der Waals surface area contributed by atoms with Gasteiger partial charge in [0.25, 0.3) is 0 Å².